The number of ether oxygens (including phenoxy) is 1. The lowest BCUT2D eigenvalue weighted by Gasteiger charge is -2.16. The minimum absolute atomic E-state index is 0.0350. The van der Waals surface area contributed by atoms with Crippen LogP contribution in [-0.2, 0) is 14.3 Å². The van der Waals surface area contributed by atoms with E-state index in [0.29, 0.717) is 11.8 Å². The second kappa shape index (κ2) is 6.88. The van der Waals surface area contributed by atoms with E-state index in [9.17, 15) is 22.8 Å². The van der Waals surface area contributed by atoms with Crippen molar-refractivity contribution < 1.29 is 27.5 Å². The number of thioether (sulfide) groups is 1. The van der Waals surface area contributed by atoms with Crippen LogP contribution < -0.4 is 0 Å². The molecule has 1 atom stereocenters. The Morgan fingerprint density at radius 3 is 2.18 bits per heavy atom. The first-order valence-electron chi connectivity index (χ1n) is 5.02. The average molecular weight is 272 g/mol. The van der Waals surface area contributed by atoms with Crippen molar-refractivity contribution >= 4 is 22.8 Å². The first-order chi connectivity index (χ1) is 7.61. The van der Waals surface area contributed by atoms with Crippen molar-refractivity contribution in [3.05, 3.63) is 0 Å². The average Bonchev–Trinajstić information content (AvgIpc) is 2.09. The van der Waals surface area contributed by atoms with Gasteiger partial charge in [-0.25, -0.2) is 0 Å². The van der Waals surface area contributed by atoms with E-state index in [1.807, 2.05) is 0 Å². The predicted octanol–water partition coefficient (Wildman–Crippen LogP) is 2.79. The van der Waals surface area contributed by atoms with Gasteiger partial charge in [0.25, 0.3) is 0 Å². The highest BCUT2D eigenvalue weighted by atomic mass is 32.2. The van der Waals surface area contributed by atoms with E-state index < -0.39 is 28.9 Å². The predicted molar refractivity (Wildman–Crippen MR) is 58.5 cm³/mol. The van der Waals surface area contributed by atoms with Crippen molar-refractivity contribution in [2.24, 2.45) is 5.92 Å². The van der Waals surface area contributed by atoms with E-state index in [1.54, 1.807) is 13.8 Å². The molecule has 0 aliphatic rings. The molecule has 0 N–H and O–H groups in total. The Bertz CT molecular complexity index is 276. The molecule has 100 valence electrons. The summed E-state index contributed by atoms with van der Waals surface area (Å²) in [6.07, 6.45) is -5.85. The van der Waals surface area contributed by atoms with Crippen LogP contribution in [0.2, 0.25) is 0 Å². The van der Waals surface area contributed by atoms with Gasteiger partial charge in [-0.15, -0.1) is 0 Å². The Hall–Kier alpha value is -0.720. The minimum Gasteiger partial charge on any atom is -0.465 e. The molecule has 0 aliphatic heterocycles. The molecular weight excluding hydrogens is 257 g/mol. The summed E-state index contributed by atoms with van der Waals surface area (Å²) < 4.78 is 41.2. The summed E-state index contributed by atoms with van der Waals surface area (Å²) in [6, 6.07) is 0. The summed E-state index contributed by atoms with van der Waals surface area (Å²) in [6.45, 7) is 4.70. The van der Waals surface area contributed by atoms with Crippen LogP contribution in [0.1, 0.15) is 27.2 Å². The Labute approximate surface area is 102 Å². The maximum atomic E-state index is 12.2. The van der Waals surface area contributed by atoms with E-state index in [-0.39, 0.29) is 12.5 Å². The molecular formula is C10H15F3O3S. The molecule has 0 amide bonds. The van der Waals surface area contributed by atoms with E-state index in [1.165, 1.54) is 0 Å². The van der Waals surface area contributed by atoms with Gasteiger partial charge in [-0.3, -0.25) is 9.59 Å². The number of esters is 1. The molecule has 0 bridgehead atoms. The van der Waals surface area contributed by atoms with Crippen LogP contribution in [0.3, 0.4) is 0 Å². The van der Waals surface area contributed by atoms with Gasteiger partial charge in [0.1, 0.15) is 5.25 Å². The molecule has 0 radical (unpaired) electrons. The molecule has 0 fully saturated rings. The zero-order valence-electron chi connectivity index (χ0n) is 9.84. The lowest BCUT2D eigenvalue weighted by atomic mass is 10.2. The fourth-order valence-corrected chi connectivity index (χ4v) is 1.76. The highest BCUT2D eigenvalue weighted by Gasteiger charge is 2.37. The molecule has 17 heavy (non-hydrogen) atoms. The fourth-order valence-electron chi connectivity index (χ4n) is 0.925. The Morgan fingerprint density at radius 1 is 1.29 bits per heavy atom. The van der Waals surface area contributed by atoms with Crippen LogP contribution >= 0.6 is 11.8 Å². The number of hydrogen-bond donors (Lipinski definition) is 0. The van der Waals surface area contributed by atoms with Crippen molar-refractivity contribution in [1.29, 1.82) is 0 Å². The second-order valence-corrected chi connectivity index (χ2v) is 5.32. The zero-order valence-corrected chi connectivity index (χ0v) is 10.7. The minimum atomic E-state index is -4.50. The molecule has 3 nitrogen and oxygen atoms in total. The van der Waals surface area contributed by atoms with E-state index >= 15 is 0 Å². The third kappa shape index (κ3) is 9.02. The lowest BCUT2D eigenvalue weighted by Crippen LogP contribution is -2.28. The maximum absolute atomic E-state index is 12.2. The topological polar surface area (TPSA) is 43.4 Å². The second-order valence-electron chi connectivity index (χ2n) is 3.94. The molecule has 0 spiro atoms. The summed E-state index contributed by atoms with van der Waals surface area (Å²) in [7, 11) is 0. The molecule has 0 aromatic rings. The molecule has 0 unspecified atom stereocenters. The van der Waals surface area contributed by atoms with Gasteiger partial charge >= 0.3 is 12.1 Å². The Morgan fingerprint density at radius 2 is 1.82 bits per heavy atom. The van der Waals surface area contributed by atoms with E-state index in [0.717, 1.165) is 6.92 Å². The van der Waals surface area contributed by atoms with Crippen molar-refractivity contribution in [2.75, 3.05) is 6.61 Å². The summed E-state index contributed by atoms with van der Waals surface area (Å²) in [5.74, 6) is -0.955. The summed E-state index contributed by atoms with van der Waals surface area (Å²) in [5, 5.41) is -2.05. The third-order valence-corrected chi connectivity index (χ3v) is 2.52. The molecule has 0 saturated carbocycles. The molecule has 7 heteroatoms. The molecule has 0 aromatic carbocycles. The van der Waals surface area contributed by atoms with Gasteiger partial charge in [0, 0.05) is 6.92 Å². The monoisotopic (exact) mass is 272 g/mol. The number of hydrogen-bond acceptors (Lipinski definition) is 4. The molecule has 0 saturated heterocycles. The molecule has 0 aromatic heterocycles. The van der Waals surface area contributed by atoms with Gasteiger partial charge in [0.05, 0.1) is 13.0 Å². The molecule has 0 heterocycles. The number of alkyl halides is 3. The van der Waals surface area contributed by atoms with Crippen molar-refractivity contribution in [1.82, 2.24) is 0 Å². The largest absolute Gasteiger partial charge is 0.465 e. The van der Waals surface area contributed by atoms with Crippen LogP contribution in [0.5, 0.6) is 0 Å². The number of carbonyl (C=O) groups excluding carboxylic acids is 2. The van der Waals surface area contributed by atoms with Crippen molar-refractivity contribution in [3.8, 4) is 0 Å². The van der Waals surface area contributed by atoms with E-state index in [4.69, 9.17) is 4.74 Å². The van der Waals surface area contributed by atoms with Gasteiger partial charge < -0.3 is 4.74 Å². The van der Waals surface area contributed by atoms with Gasteiger partial charge in [-0.1, -0.05) is 25.6 Å². The third-order valence-electron chi connectivity index (χ3n) is 1.55. The summed E-state index contributed by atoms with van der Waals surface area (Å²) in [4.78, 5) is 22.1. The Balaban J connectivity index is 4.45. The molecule has 0 rings (SSSR count). The smallest absolute Gasteiger partial charge is 0.390 e. The quantitative estimate of drug-likeness (QED) is 0.722. The lowest BCUT2D eigenvalue weighted by molar-refractivity contribution is -0.156. The van der Waals surface area contributed by atoms with Gasteiger partial charge in [-0.05, 0) is 5.92 Å². The summed E-state index contributed by atoms with van der Waals surface area (Å²) >= 11 is 0.353. The van der Waals surface area contributed by atoms with Crippen LogP contribution in [0.4, 0.5) is 13.2 Å². The van der Waals surface area contributed by atoms with Crippen LogP contribution in [0.15, 0.2) is 0 Å². The first-order valence-corrected chi connectivity index (χ1v) is 5.90. The number of rotatable bonds is 5. The maximum Gasteiger partial charge on any atom is 0.390 e. The highest BCUT2D eigenvalue weighted by Crippen LogP contribution is 2.29. The highest BCUT2D eigenvalue weighted by molar-refractivity contribution is 8.14. The number of halogens is 3. The zero-order chi connectivity index (χ0) is 13.6. The fraction of sp³-hybridized carbons (Fsp3) is 0.800. The van der Waals surface area contributed by atoms with Gasteiger partial charge in [-0.2, -0.15) is 13.2 Å². The number of carbonyl (C=O) groups is 2. The van der Waals surface area contributed by atoms with Crippen LogP contribution in [0.25, 0.3) is 0 Å². The molecule has 0 aliphatic carbocycles. The summed E-state index contributed by atoms with van der Waals surface area (Å²) in [5.41, 5.74) is 0. The Kier molecular flexibility index (Phi) is 6.59. The van der Waals surface area contributed by atoms with Crippen LogP contribution in [0, 0.1) is 5.92 Å². The standard InChI is InChI=1S/C10H15F3O3S/c1-6(2)5-16-9(15)8(17-7(3)14)4-10(11,12)13/h6,8H,4-5H2,1-3H3/t8-/m1/s1. The van der Waals surface area contributed by atoms with Crippen molar-refractivity contribution in [2.45, 2.75) is 38.6 Å². The SMILES string of the molecule is CC(=O)S[C@H](CC(F)(F)F)C(=O)OCC(C)C. The van der Waals surface area contributed by atoms with Gasteiger partial charge in [0.15, 0.2) is 5.12 Å². The first kappa shape index (κ1) is 16.3. The van der Waals surface area contributed by atoms with Crippen LogP contribution in [-0.4, -0.2) is 29.1 Å². The van der Waals surface area contributed by atoms with E-state index in [2.05, 4.69) is 0 Å². The van der Waals surface area contributed by atoms with Crippen molar-refractivity contribution in [3.63, 3.8) is 0 Å². The van der Waals surface area contributed by atoms with Gasteiger partial charge in [0.2, 0.25) is 0 Å². The normalized spacial score (nSPS) is 13.6.